The van der Waals surface area contributed by atoms with Crippen LogP contribution < -0.4 is 0 Å². The van der Waals surface area contributed by atoms with Crippen LogP contribution >= 0.6 is 0 Å². The van der Waals surface area contributed by atoms with Gasteiger partial charge in [0.15, 0.2) is 34.9 Å². The van der Waals surface area contributed by atoms with E-state index in [0.29, 0.717) is 0 Å². The van der Waals surface area contributed by atoms with E-state index in [2.05, 4.69) is 73.9 Å². The number of hydrogen-bond acceptors (Lipinski definition) is 2. The second kappa shape index (κ2) is 22.9. The minimum Gasteiger partial charge on any atom is -0.774 e. The van der Waals surface area contributed by atoms with Crippen molar-refractivity contribution in [2.45, 2.75) is 61.2 Å². The van der Waals surface area contributed by atoms with Gasteiger partial charge in [0.2, 0.25) is 0 Å². The molecule has 2 aliphatic rings. The molecule has 0 saturated carbocycles. The maximum absolute atomic E-state index is 12.3. The Labute approximate surface area is 274 Å². The van der Waals surface area contributed by atoms with Crippen molar-refractivity contribution in [3.05, 3.63) is 107 Å². The Morgan fingerprint density at radius 2 is 0.405 bits per heavy atom. The molecule has 0 amide bonds. The Hall–Kier alpha value is -1.61. The number of hydrogen-bond donors (Lipinski definition) is 0. The van der Waals surface area contributed by atoms with Gasteiger partial charge in [-0.25, -0.2) is 43.9 Å². The summed E-state index contributed by atoms with van der Waals surface area (Å²) in [6.07, 6.45) is 28.0. The molecule has 2 radical (unpaired) electrons. The molecule has 2 aromatic rings. The third-order valence-corrected chi connectivity index (χ3v) is 5.72. The van der Waals surface area contributed by atoms with Gasteiger partial charge in [0.1, 0.15) is 23.3 Å². The van der Waals surface area contributed by atoms with Crippen molar-refractivity contribution < 1.29 is 82.9 Å². The van der Waals surface area contributed by atoms with Gasteiger partial charge in [-0.1, -0.05) is 58.4 Å². The molecule has 42 heavy (non-hydrogen) atoms. The molecule has 0 N–H and O–H groups in total. The van der Waals surface area contributed by atoms with E-state index in [1.165, 1.54) is 51.4 Å². The van der Waals surface area contributed by atoms with Crippen molar-refractivity contribution in [1.82, 2.24) is 0 Å². The van der Waals surface area contributed by atoms with Crippen LogP contribution in [0.1, 0.15) is 51.4 Å². The van der Waals surface area contributed by atoms with Gasteiger partial charge < -0.3 is 25.3 Å². The largest absolute Gasteiger partial charge is 0.774 e. The summed E-state index contributed by atoms with van der Waals surface area (Å²) in [5.74, 6) is -20.3. The first-order chi connectivity index (χ1) is 18.9. The van der Waals surface area contributed by atoms with Crippen LogP contribution in [0.3, 0.4) is 0 Å². The summed E-state index contributed by atoms with van der Waals surface area (Å²) < 4.78 is 122. The van der Waals surface area contributed by atoms with Gasteiger partial charge in [-0.05, 0) is 51.4 Å². The molecule has 2 aromatic carbocycles. The van der Waals surface area contributed by atoms with Crippen molar-refractivity contribution in [3.8, 4) is 0 Å². The fraction of sp³-hybridized carbons (Fsp3) is 0.286. The summed E-state index contributed by atoms with van der Waals surface area (Å²) in [5, 5.41) is 0. The fourth-order valence-corrected chi connectivity index (χ4v) is 3.24. The molecule has 0 atom stereocenters. The Balaban J connectivity index is 0. The molecule has 4 rings (SSSR count). The van der Waals surface area contributed by atoms with Gasteiger partial charge in [0.05, 0.1) is 0 Å². The minimum absolute atomic E-state index is 0. The zero-order valence-corrected chi connectivity index (χ0v) is 26.4. The van der Waals surface area contributed by atoms with Crippen LogP contribution in [-0.4, -0.2) is 0 Å². The van der Waals surface area contributed by atoms with Gasteiger partial charge in [-0.3, -0.25) is 0 Å². The Morgan fingerprint density at radius 3 is 0.548 bits per heavy atom. The van der Waals surface area contributed by atoms with Crippen LogP contribution in [0, 0.1) is 58.2 Å². The van der Waals surface area contributed by atoms with Crippen LogP contribution in [0.5, 0.6) is 0 Å². The van der Waals surface area contributed by atoms with Gasteiger partial charge in [-0.2, -0.15) is 0 Å². The summed E-state index contributed by atoms with van der Waals surface area (Å²) in [6, 6.07) is 0. The summed E-state index contributed by atoms with van der Waals surface area (Å²) in [6.45, 7) is 0. The number of benzene rings is 2. The molecule has 0 heterocycles. The topological polar surface area (TPSA) is 0 Å². The third kappa shape index (κ3) is 13.8. The molecule has 0 aromatic heterocycles. The average molecular weight is 820 g/mol. The van der Waals surface area contributed by atoms with Crippen molar-refractivity contribution in [3.63, 3.8) is 0 Å². The van der Waals surface area contributed by atoms with E-state index in [4.69, 9.17) is 0 Å². The van der Waals surface area contributed by atoms with Crippen LogP contribution in [0.4, 0.5) is 43.9 Å². The maximum Gasteiger partial charge on any atom is 0.200 e. The maximum atomic E-state index is 12.3. The standard InChI is InChI=1S/2C8H12.2C6HF5S.2Rh/c2*1-2-4-6-8-7-5-3-1;2*7-1-2(8)4(10)6(12)5(11)3(1)9;;/h2*1-2,7-8H,3-6H2;2*12H;;/p-2/b2*2-1-,8-7-;;;;. The van der Waals surface area contributed by atoms with Gasteiger partial charge in [-0.15, -0.1) is 0 Å². The van der Waals surface area contributed by atoms with Gasteiger partial charge in [0, 0.05) is 39.0 Å². The number of rotatable bonds is 0. The van der Waals surface area contributed by atoms with E-state index in [0.717, 1.165) is 0 Å². The molecular formula is C28H24F10Rh2S2-2. The van der Waals surface area contributed by atoms with E-state index in [9.17, 15) is 43.9 Å². The quantitative estimate of drug-likeness (QED) is 0.0649. The predicted molar refractivity (Wildman–Crippen MR) is 137 cm³/mol. The summed E-state index contributed by atoms with van der Waals surface area (Å²) in [5.41, 5.74) is 0. The molecule has 0 fully saturated rings. The second-order valence-electron chi connectivity index (χ2n) is 7.99. The molecule has 0 nitrogen and oxygen atoms in total. The zero-order chi connectivity index (χ0) is 30.2. The molecular weight excluding hydrogens is 796 g/mol. The second-order valence-corrected chi connectivity index (χ2v) is 8.81. The van der Waals surface area contributed by atoms with Crippen molar-refractivity contribution in [1.29, 1.82) is 0 Å². The van der Waals surface area contributed by atoms with E-state index < -0.39 is 68.0 Å². The normalized spacial score (nSPS) is 16.6. The third-order valence-electron chi connectivity index (χ3n) is 5.01. The zero-order valence-electron chi connectivity index (χ0n) is 21.5. The minimum atomic E-state index is -2.20. The molecule has 14 heteroatoms. The average Bonchev–Trinajstić information content (AvgIpc) is 2.91. The van der Waals surface area contributed by atoms with Crippen molar-refractivity contribution in [2.24, 2.45) is 0 Å². The van der Waals surface area contributed by atoms with Crippen LogP contribution in [0.2, 0.25) is 0 Å². The monoisotopic (exact) mass is 820 g/mol. The smallest absolute Gasteiger partial charge is 0.200 e. The van der Waals surface area contributed by atoms with E-state index in [1.807, 2.05) is 0 Å². The predicted octanol–water partition coefficient (Wildman–Crippen LogP) is 9.92. The molecule has 0 saturated heterocycles. The summed E-state index contributed by atoms with van der Waals surface area (Å²) >= 11 is 7.86. The Morgan fingerprint density at radius 1 is 0.286 bits per heavy atom. The fourth-order valence-electron chi connectivity index (χ4n) is 2.88. The van der Waals surface area contributed by atoms with Crippen LogP contribution in [-0.2, 0) is 64.2 Å². The Kier molecular flexibility index (Phi) is 23.1. The van der Waals surface area contributed by atoms with Crippen LogP contribution in [0.25, 0.3) is 0 Å². The van der Waals surface area contributed by atoms with Crippen molar-refractivity contribution >= 4 is 25.3 Å². The van der Waals surface area contributed by atoms with E-state index in [1.54, 1.807) is 0 Å². The first-order valence-corrected chi connectivity index (χ1v) is 12.7. The number of halogens is 10. The first-order valence-electron chi connectivity index (χ1n) is 11.9. The summed E-state index contributed by atoms with van der Waals surface area (Å²) in [7, 11) is 0. The number of allylic oxidation sites excluding steroid dienone is 8. The Bertz CT molecular complexity index is 891. The molecule has 2 aliphatic carbocycles. The SMILES string of the molecule is C1=C\CC/C=C\CC/1.C1=C\CC/C=C\CC/1.Fc1c(F)c(F)c([S-])c(F)c1F.Fc1c(F)c(F)c([S-])c(F)c1F.[Rh].[Rh]. The van der Waals surface area contributed by atoms with Gasteiger partial charge >= 0.3 is 0 Å². The van der Waals surface area contributed by atoms with E-state index >= 15 is 0 Å². The molecule has 0 aliphatic heterocycles. The van der Waals surface area contributed by atoms with Crippen molar-refractivity contribution in [2.75, 3.05) is 0 Å². The molecule has 238 valence electrons. The first kappa shape index (κ1) is 42.5. The molecule has 0 unspecified atom stereocenters. The van der Waals surface area contributed by atoms with E-state index in [-0.39, 0.29) is 39.0 Å². The summed E-state index contributed by atoms with van der Waals surface area (Å²) in [4.78, 5) is -2.57. The molecule has 0 bridgehead atoms. The van der Waals surface area contributed by atoms with Gasteiger partial charge in [0.25, 0.3) is 0 Å². The van der Waals surface area contributed by atoms with Crippen LogP contribution in [0.15, 0.2) is 58.4 Å². The molecule has 0 spiro atoms.